The zero-order chi connectivity index (χ0) is 31.7. The molecule has 6 rings (SSSR count). The number of hydrogen-bond acceptors (Lipinski definition) is 8. The van der Waals surface area contributed by atoms with Gasteiger partial charge in [0.2, 0.25) is 5.91 Å². The summed E-state index contributed by atoms with van der Waals surface area (Å²) in [4.78, 5) is 38.1. The molecular formula is C35H33N3O7. The first-order valence-electron chi connectivity index (χ1n) is 14.6. The largest absolute Gasteiger partial charge is 0.497 e. The first kappa shape index (κ1) is 29.7. The molecule has 1 unspecified atom stereocenters. The number of ether oxygens (including phenoxy) is 4. The quantitative estimate of drug-likeness (QED) is 0.198. The third kappa shape index (κ3) is 5.67. The van der Waals surface area contributed by atoms with Gasteiger partial charge in [-0.3, -0.25) is 10.1 Å². The Labute approximate surface area is 260 Å². The minimum Gasteiger partial charge on any atom is -0.497 e. The lowest BCUT2D eigenvalue weighted by Gasteiger charge is -2.36. The maximum Gasteiger partial charge on any atom is 0.411 e. The van der Waals surface area contributed by atoms with E-state index in [0.717, 1.165) is 5.56 Å². The molecule has 2 aliphatic rings. The summed E-state index contributed by atoms with van der Waals surface area (Å²) in [5, 5.41) is 5.54. The predicted octanol–water partition coefficient (Wildman–Crippen LogP) is 6.32. The number of carbonyl (C=O) groups excluding carboxylic acids is 3. The van der Waals surface area contributed by atoms with E-state index in [2.05, 4.69) is 10.6 Å². The van der Waals surface area contributed by atoms with Crippen molar-refractivity contribution in [2.45, 2.75) is 38.5 Å². The molecule has 4 aromatic carbocycles. The minimum atomic E-state index is -1.23. The number of fused-ring (bicyclic) bond motifs is 6. The molecule has 4 N–H and O–H groups in total. The topological polar surface area (TPSA) is 138 Å². The van der Waals surface area contributed by atoms with E-state index in [1.165, 1.54) is 0 Å². The molecule has 0 bridgehead atoms. The van der Waals surface area contributed by atoms with Crippen LogP contribution in [0.25, 0.3) is 0 Å². The van der Waals surface area contributed by atoms with Gasteiger partial charge in [-0.25, -0.2) is 9.59 Å². The van der Waals surface area contributed by atoms with E-state index in [0.29, 0.717) is 63.2 Å². The summed E-state index contributed by atoms with van der Waals surface area (Å²) in [6.45, 7) is 4.03. The third-order valence-corrected chi connectivity index (χ3v) is 7.82. The molecule has 1 spiro atoms. The smallest absolute Gasteiger partial charge is 0.411 e. The number of carbonyl (C=O) groups is 3. The van der Waals surface area contributed by atoms with Gasteiger partial charge in [-0.2, -0.15) is 0 Å². The number of nitrogens with two attached hydrogens (primary N) is 1. The van der Waals surface area contributed by atoms with Gasteiger partial charge in [0.25, 0.3) is 0 Å². The van der Waals surface area contributed by atoms with Crippen molar-refractivity contribution in [3.8, 4) is 17.2 Å². The van der Waals surface area contributed by atoms with Crippen molar-refractivity contribution in [3.63, 3.8) is 0 Å². The molecule has 45 heavy (non-hydrogen) atoms. The molecule has 230 valence electrons. The van der Waals surface area contributed by atoms with Crippen LogP contribution in [0.2, 0.25) is 0 Å². The van der Waals surface area contributed by atoms with Gasteiger partial charge in [0.05, 0.1) is 18.7 Å². The molecule has 0 aromatic heterocycles. The van der Waals surface area contributed by atoms with Crippen molar-refractivity contribution < 1.29 is 33.3 Å². The van der Waals surface area contributed by atoms with Gasteiger partial charge in [-0.05, 0) is 60.4 Å². The molecule has 10 heteroatoms. The first-order chi connectivity index (χ1) is 21.7. The van der Waals surface area contributed by atoms with Crippen molar-refractivity contribution in [2.24, 2.45) is 11.7 Å². The van der Waals surface area contributed by atoms with Crippen molar-refractivity contribution in [1.29, 1.82) is 0 Å². The second kappa shape index (κ2) is 12.0. The lowest BCUT2D eigenvalue weighted by molar-refractivity contribution is -0.117. The van der Waals surface area contributed by atoms with Gasteiger partial charge in [0.1, 0.15) is 23.9 Å². The van der Waals surface area contributed by atoms with Crippen LogP contribution >= 0.6 is 0 Å². The molecule has 0 aliphatic carbocycles. The summed E-state index contributed by atoms with van der Waals surface area (Å²) in [6, 6.07) is 24.2. The van der Waals surface area contributed by atoms with Crippen molar-refractivity contribution >= 4 is 29.3 Å². The number of benzene rings is 4. The second-order valence-electron chi connectivity index (χ2n) is 11.4. The normalized spacial score (nSPS) is 16.5. The van der Waals surface area contributed by atoms with E-state index >= 15 is 0 Å². The first-order valence-corrected chi connectivity index (χ1v) is 14.6. The summed E-state index contributed by atoms with van der Waals surface area (Å²) < 4.78 is 23.3. The molecule has 4 aromatic rings. The van der Waals surface area contributed by atoms with Gasteiger partial charge in [0.15, 0.2) is 5.60 Å². The molecule has 2 amide bonds. The van der Waals surface area contributed by atoms with Gasteiger partial charge in [0, 0.05) is 40.2 Å². The Balaban J connectivity index is 1.17. The fourth-order valence-corrected chi connectivity index (χ4v) is 5.70. The monoisotopic (exact) mass is 607 g/mol. The Hall–Kier alpha value is -5.35. The van der Waals surface area contributed by atoms with Crippen molar-refractivity contribution in [1.82, 2.24) is 0 Å². The van der Waals surface area contributed by atoms with E-state index in [4.69, 9.17) is 24.7 Å². The van der Waals surface area contributed by atoms with Crippen LogP contribution in [0.4, 0.5) is 16.2 Å². The average Bonchev–Trinajstić information content (AvgIpc) is 3.32. The zero-order valence-corrected chi connectivity index (χ0v) is 25.1. The van der Waals surface area contributed by atoms with E-state index < -0.39 is 23.7 Å². The minimum absolute atomic E-state index is 0.0113. The number of anilines is 2. The number of methoxy groups -OCH3 is 1. The summed E-state index contributed by atoms with van der Waals surface area (Å²) in [7, 11) is 1.56. The van der Waals surface area contributed by atoms with Crippen LogP contribution in [0, 0.1) is 5.92 Å². The van der Waals surface area contributed by atoms with Gasteiger partial charge < -0.3 is 30.0 Å². The van der Waals surface area contributed by atoms with E-state index in [9.17, 15) is 14.4 Å². The number of nitrogens with one attached hydrogen (secondary N) is 2. The Morgan fingerprint density at radius 2 is 1.56 bits per heavy atom. The highest BCUT2D eigenvalue weighted by Crippen LogP contribution is 2.56. The van der Waals surface area contributed by atoms with Crippen LogP contribution in [0.1, 0.15) is 52.9 Å². The van der Waals surface area contributed by atoms with Crippen LogP contribution < -0.4 is 25.8 Å². The molecule has 2 atom stereocenters. The Morgan fingerprint density at radius 3 is 2.29 bits per heavy atom. The van der Waals surface area contributed by atoms with E-state index in [1.54, 1.807) is 73.8 Å². The lowest BCUT2D eigenvalue weighted by atomic mass is 9.77. The summed E-state index contributed by atoms with van der Waals surface area (Å²) in [6.07, 6.45) is -0.0784. The van der Waals surface area contributed by atoms with E-state index in [-0.39, 0.29) is 12.5 Å². The van der Waals surface area contributed by atoms with Crippen molar-refractivity contribution in [2.75, 3.05) is 17.7 Å². The molecular weight excluding hydrogens is 574 g/mol. The summed E-state index contributed by atoms with van der Waals surface area (Å²) in [5.41, 5.74) is 8.96. The second-order valence-corrected chi connectivity index (χ2v) is 11.4. The molecule has 0 fully saturated rings. The summed E-state index contributed by atoms with van der Waals surface area (Å²) >= 11 is 0. The maximum atomic E-state index is 13.0. The average molecular weight is 608 g/mol. The number of esters is 1. The third-order valence-electron chi connectivity index (χ3n) is 7.82. The number of amides is 2. The Bertz CT molecular complexity index is 1790. The molecule has 10 nitrogen and oxygen atoms in total. The van der Waals surface area contributed by atoms with Gasteiger partial charge in [-0.15, -0.1) is 0 Å². The number of hydrogen-bond donors (Lipinski definition) is 3. The van der Waals surface area contributed by atoms with Crippen LogP contribution in [0.3, 0.4) is 0 Å². The highest BCUT2D eigenvalue weighted by atomic mass is 16.6. The van der Waals surface area contributed by atoms with Crippen LogP contribution in [0.15, 0.2) is 84.9 Å². The van der Waals surface area contributed by atoms with Crippen molar-refractivity contribution in [3.05, 3.63) is 113 Å². The molecule has 2 heterocycles. The SMILES string of the molecule is COc1ccc2c(c1)Oc1cc(NC(=O)OCc3ccc(NC(=O)[C@@H](N)CC(C)C)cc3)ccc1C21OC(=O)c2ccccc21. The lowest BCUT2D eigenvalue weighted by Crippen LogP contribution is -2.36. The fraction of sp³-hybridized carbons (Fsp3) is 0.229. The zero-order valence-electron chi connectivity index (χ0n) is 25.1. The standard InChI is InChI=1S/C35H33N3O7/c1-20(2)16-29(36)32(39)37-22-10-8-21(9-11-22)19-43-34(41)38-23-12-14-27-30(17-23)44-31-18-24(42-3)13-15-28(31)35(27)26-7-5-4-6-25(26)33(40)45-35/h4-15,17-18,20,29H,16,19,36H2,1-3H3,(H,37,39)(H,38,41)/t29-,35?/m0/s1. The Kier molecular flexibility index (Phi) is 7.90. The molecule has 0 saturated heterocycles. The molecule has 0 saturated carbocycles. The van der Waals surface area contributed by atoms with Crippen LogP contribution in [-0.4, -0.2) is 31.1 Å². The maximum absolute atomic E-state index is 13.0. The van der Waals surface area contributed by atoms with Gasteiger partial charge >= 0.3 is 12.1 Å². The van der Waals surface area contributed by atoms with Gasteiger partial charge in [-0.1, -0.05) is 44.2 Å². The van der Waals surface area contributed by atoms with Crippen LogP contribution in [0.5, 0.6) is 17.2 Å². The Morgan fingerprint density at radius 1 is 0.867 bits per heavy atom. The molecule has 2 aliphatic heterocycles. The number of rotatable bonds is 8. The highest BCUT2D eigenvalue weighted by Gasteiger charge is 2.53. The predicted molar refractivity (Wildman–Crippen MR) is 168 cm³/mol. The van der Waals surface area contributed by atoms with E-state index in [1.807, 2.05) is 32.0 Å². The van der Waals surface area contributed by atoms with Crippen LogP contribution in [-0.2, 0) is 26.5 Å². The summed E-state index contributed by atoms with van der Waals surface area (Å²) in [5.74, 6) is 1.08. The fourth-order valence-electron chi connectivity index (χ4n) is 5.70. The highest BCUT2D eigenvalue weighted by molar-refractivity contribution is 5.97. The molecule has 0 radical (unpaired) electrons.